The Labute approximate surface area is 109 Å². The van der Waals surface area contributed by atoms with Crippen LogP contribution in [0.1, 0.15) is 19.8 Å². The van der Waals surface area contributed by atoms with Gasteiger partial charge in [-0.15, -0.1) is 0 Å². The third-order valence-corrected chi connectivity index (χ3v) is 4.31. The summed E-state index contributed by atoms with van der Waals surface area (Å²) in [6, 6.07) is -0.179. The van der Waals surface area contributed by atoms with Gasteiger partial charge >= 0.3 is 0 Å². The van der Waals surface area contributed by atoms with Crippen molar-refractivity contribution in [1.29, 1.82) is 0 Å². The van der Waals surface area contributed by atoms with Gasteiger partial charge in [-0.2, -0.15) is 0 Å². The molecule has 104 valence electrons. The number of nitrogens with two attached hydrogens (primary N) is 1. The Morgan fingerprint density at radius 1 is 1.50 bits per heavy atom. The molecule has 5 nitrogen and oxygen atoms in total. The van der Waals surface area contributed by atoms with E-state index in [1.54, 1.807) is 7.11 Å². The van der Waals surface area contributed by atoms with Gasteiger partial charge in [-0.05, 0) is 25.7 Å². The van der Waals surface area contributed by atoms with Crippen molar-refractivity contribution in [2.45, 2.75) is 25.8 Å². The zero-order valence-electron chi connectivity index (χ0n) is 11.4. The van der Waals surface area contributed by atoms with Gasteiger partial charge in [0.15, 0.2) is 0 Å². The smallest absolute Gasteiger partial charge is 0.232 e. The zero-order chi connectivity index (χ0) is 13.2. The van der Waals surface area contributed by atoms with Crippen LogP contribution in [-0.4, -0.2) is 56.9 Å². The number of rotatable bonds is 3. The maximum atomic E-state index is 12.5. The summed E-state index contributed by atoms with van der Waals surface area (Å²) in [5, 5.41) is 0. The summed E-state index contributed by atoms with van der Waals surface area (Å²) in [7, 11) is 1.73. The van der Waals surface area contributed by atoms with E-state index in [9.17, 15) is 4.79 Å². The highest BCUT2D eigenvalue weighted by Crippen LogP contribution is 2.31. The molecule has 2 aliphatic heterocycles. The fourth-order valence-corrected chi connectivity index (χ4v) is 2.81. The fourth-order valence-electron chi connectivity index (χ4n) is 2.81. The largest absolute Gasteiger partial charge is 0.384 e. The van der Waals surface area contributed by atoms with E-state index in [0.717, 1.165) is 32.5 Å². The lowest BCUT2D eigenvalue weighted by Crippen LogP contribution is -2.53. The second-order valence-corrected chi connectivity index (χ2v) is 5.73. The molecule has 2 N–H and O–H groups in total. The molecule has 2 heterocycles. The van der Waals surface area contributed by atoms with E-state index in [0.29, 0.717) is 19.1 Å². The van der Waals surface area contributed by atoms with Gasteiger partial charge in [-0.25, -0.2) is 0 Å². The first kappa shape index (κ1) is 13.8. The van der Waals surface area contributed by atoms with Gasteiger partial charge in [0.25, 0.3) is 0 Å². The number of piperidine rings is 1. The molecule has 18 heavy (non-hydrogen) atoms. The average molecular weight is 256 g/mol. The summed E-state index contributed by atoms with van der Waals surface area (Å²) in [6.07, 6.45) is 2.04. The average Bonchev–Trinajstić information content (AvgIpc) is 2.71. The quantitative estimate of drug-likeness (QED) is 0.785. The number of hydrogen-bond acceptors (Lipinski definition) is 4. The Morgan fingerprint density at radius 3 is 2.67 bits per heavy atom. The van der Waals surface area contributed by atoms with Gasteiger partial charge in [0.1, 0.15) is 0 Å². The summed E-state index contributed by atoms with van der Waals surface area (Å²) < 4.78 is 10.5. The molecule has 2 rings (SSSR count). The minimum absolute atomic E-state index is 0.156. The molecule has 0 saturated carbocycles. The summed E-state index contributed by atoms with van der Waals surface area (Å²) in [5.41, 5.74) is 5.47. The number of carbonyl (C=O) groups excluding carboxylic acids is 1. The van der Waals surface area contributed by atoms with Crippen LogP contribution in [0.25, 0.3) is 0 Å². The Morgan fingerprint density at radius 2 is 2.17 bits per heavy atom. The first-order chi connectivity index (χ1) is 8.58. The summed E-state index contributed by atoms with van der Waals surface area (Å²) in [4.78, 5) is 14.5. The highest BCUT2D eigenvalue weighted by atomic mass is 16.5. The van der Waals surface area contributed by atoms with Gasteiger partial charge in [-0.1, -0.05) is 0 Å². The molecular formula is C13H24N2O3. The molecule has 0 aromatic heterocycles. The Kier molecular flexibility index (Phi) is 4.25. The molecule has 2 aliphatic rings. The van der Waals surface area contributed by atoms with Crippen molar-refractivity contribution in [3.8, 4) is 0 Å². The molecule has 0 aromatic rings. The van der Waals surface area contributed by atoms with Gasteiger partial charge in [0.2, 0.25) is 5.91 Å². The van der Waals surface area contributed by atoms with E-state index in [2.05, 4.69) is 0 Å². The molecule has 2 saturated heterocycles. The monoisotopic (exact) mass is 256 g/mol. The van der Waals surface area contributed by atoms with Crippen molar-refractivity contribution in [3.63, 3.8) is 0 Å². The predicted molar refractivity (Wildman–Crippen MR) is 68.1 cm³/mol. The molecule has 2 atom stereocenters. The van der Waals surface area contributed by atoms with E-state index >= 15 is 0 Å². The molecule has 0 bridgehead atoms. The lowest BCUT2D eigenvalue weighted by atomic mass is 9.83. The van der Waals surface area contributed by atoms with Crippen molar-refractivity contribution >= 4 is 5.91 Å². The first-order valence-electron chi connectivity index (χ1n) is 6.69. The van der Waals surface area contributed by atoms with E-state index in [1.807, 2.05) is 11.8 Å². The molecule has 0 aromatic carbocycles. The van der Waals surface area contributed by atoms with Crippen LogP contribution >= 0.6 is 0 Å². The van der Waals surface area contributed by atoms with Gasteiger partial charge in [0, 0.05) is 32.8 Å². The molecule has 0 spiro atoms. The number of methoxy groups -OCH3 is 1. The molecule has 5 heteroatoms. The van der Waals surface area contributed by atoms with Crippen molar-refractivity contribution in [3.05, 3.63) is 0 Å². The van der Waals surface area contributed by atoms with Crippen molar-refractivity contribution in [2.75, 3.05) is 40.0 Å². The number of ether oxygens (including phenoxy) is 2. The summed E-state index contributed by atoms with van der Waals surface area (Å²) in [6.45, 7) is 5.29. The Bertz CT molecular complexity index is 303. The van der Waals surface area contributed by atoms with Crippen LogP contribution in [0.15, 0.2) is 0 Å². The van der Waals surface area contributed by atoms with Crippen molar-refractivity contribution in [1.82, 2.24) is 4.90 Å². The van der Waals surface area contributed by atoms with Crippen LogP contribution in [0.2, 0.25) is 0 Å². The molecule has 0 radical (unpaired) electrons. The Hall–Kier alpha value is -0.650. The second-order valence-electron chi connectivity index (χ2n) is 5.73. The summed E-state index contributed by atoms with van der Waals surface area (Å²) in [5.74, 6) is 0.740. The first-order valence-corrected chi connectivity index (χ1v) is 6.69. The number of likely N-dealkylation sites (tertiary alicyclic amines) is 1. The van der Waals surface area contributed by atoms with E-state index < -0.39 is 5.41 Å². The molecule has 2 unspecified atom stereocenters. The van der Waals surface area contributed by atoms with E-state index in [1.165, 1.54) is 0 Å². The number of carbonyl (C=O) groups is 1. The minimum atomic E-state index is -0.534. The second kappa shape index (κ2) is 5.55. The standard InChI is InChI=1S/C13H24N2O3/c1-13(9-18-8-11(13)14)12(16)15-5-3-10(4-6-15)7-17-2/h10-11H,3-9,14H2,1-2H3. The van der Waals surface area contributed by atoms with Crippen molar-refractivity contribution in [2.24, 2.45) is 17.1 Å². The normalized spacial score (nSPS) is 33.9. The van der Waals surface area contributed by atoms with Gasteiger partial charge < -0.3 is 20.1 Å². The predicted octanol–water partition coefficient (Wildman–Crippen LogP) is 0.235. The number of hydrogen-bond donors (Lipinski definition) is 1. The third-order valence-electron chi connectivity index (χ3n) is 4.31. The number of amides is 1. The van der Waals surface area contributed by atoms with E-state index in [4.69, 9.17) is 15.2 Å². The number of nitrogens with zero attached hydrogens (tertiary/aromatic N) is 1. The zero-order valence-corrected chi connectivity index (χ0v) is 11.4. The van der Waals surface area contributed by atoms with Crippen LogP contribution in [-0.2, 0) is 14.3 Å². The molecule has 1 amide bonds. The van der Waals surface area contributed by atoms with E-state index in [-0.39, 0.29) is 11.9 Å². The lowest BCUT2D eigenvalue weighted by Gasteiger charge is -2.37. The van der Waals surface area contributed by atoms with Crippen LogP contribution in [0.5, 0.6) is 0 Å². The SMILES string of the molecule is COCC1CCN(C(=O)C2(C)COCC2N)CC1. The van der Waals surface area contributed by atoms with Crippen molar-refractivity contribution < 1.29 is 14.3 Å². The highest BCUT2D eigenvalue weighted by Gasteiger charge is 2.46. The van der Waals surface area contributed by atoms with Crippen LogP contribution in [0.3, 0.4) is 0 Å². The lowest BCUT2D eigenvalue weighted by molar-refractivity contribution is -0.143. The molecule has 2 fully saturated rings. The fraction of sp³-hybridized carbons (Fsp3) is 0.923. The van der Waals surface area contributed by atoms with Crippen LogP contribution < -0.4 is 5.73 Å². The van der Waals surface area contributed by atoms with Crippen LogP contribution in [0, 0.1) is 11.3 Å². The third kappa shape index (κ3) is 2.53. The molecule has 0 aliphatic carbocycles. The van der Waals surface area contributed by atoms with Gasteiger partial charge in [-0.3, -0.25) is 4.79 Å². The Balaban J connectivity index is 1.91. The van der Waals surface area contributed by atoms with Crippen LogP contribution in [0.4, 0.5) is 0 Å². The summed E-state index contributed by atoms with van der Waals surface area (Å²) >= 11 is 0. The minimum Gasteiger partial charge on any atom is -0.384 e. The molecular weight excluding hydrogens is 232 g/mol. The van der Waals surface area contributed by atoms with Gasteiger partial charge in [0.05, 0.1) is 18.6 Å². The maximum absolute atomic E-state index is 12.5. The maximum Gasteiger partial charge on any atom is 0.232 e. The highest BCUT2D eigenvalue weighted by molar-refractivity contribution is 5.83. The topological polar surface area (TPSA) is 64.8 Å².